The minimum Gasteiger partial charge on any atom is -0.368 e. The summed E-state index contributed by atoms with van der Waals surface area (Å²) in [6.45, 7) is 1.98. The Bertz CT molecular complexity index is 796. The number of rotatable bonds is 5. The fraction of sp³-hybridized carbons (Fsp3) is 0.381. The van der Waals surface area contributed by atoms with Gasteiger partial charge in [-0.1, -0.05) is 29.8 Å². The molecule has 2 aromatic carbocycles. The van der Waals surface area contributed by atoms with Crippen LogP contribution in [0.3, 0.4) is 0 Å². The Labute approximate surface area is 152 Å². The zero-order chi connectivity index (χ0) is 18.9. The van der Waals surface area contributed by atoms with Crippen LogP contribution >= 0.6 is 0 Å². The van der Waals surface area contributed by atoms with Gasteiger partial charge in [0.15, 0.2) is 0 Å². The molecule has 1 aliphatic rings. The lowest BCUT2D eigenvalue weighted by Gasteiger charge is -2.48. The van der Waals surface area contributed by atoms with Crippen molar-refractivity contribution in [2.45, 2.75) is 31.3 Å². The van der Waals surface area contributed by atoms with Crippen LogP contribution in [0.1, 0.15) is 29.5 Å². The van der Waals surface area contributed by atoms with Crippen molar-refractivity contribution in [3.8, 4) is 0 Å². The molecule has 3 rings (SSSR count). The Morgan fingerprint density at radius 2 is 1.81 bits per heavy atom. The molecule has 0 heterocycles. The largest absolute Gasteiger partial charge is 0.368 e. The van der Waals surface area contributed by atoms with Gasteiger partial charge in [-0.15, -0.1) is 0 Å². The van der Waals surface area contributed by atoms with Crippen molar-refractivity contribution in [1.29, 1.82) is 0 Å². The van der Waals surface area contributed by atoms with Gasteiger partial charge in [-0.2, -0.15) is 0 Å². The minimum atomic E-state index is -0.633. The van der Waals surface area contributed by atoms with Crippen LogP contribution in [0.4, 0.5) is 8.78 Å². The molecule has 0 aromatic heterocycles. The standard InChI is InChI=1S/C21H23F2NO2/c1-14-4-6-15(7-5-14)21(18-10-16(22)8-9-19(18)23)11-17(12-21)26-13-20(25)24(2)3/h4-10,17H,11-13H2,1-3H3. The third-order valence-corrected chi connectivity index (χ3v) is 5.14. The molecule has 1 aliphatic carbocycles. The van der Waals surface area contributed by atoms with Gasteiger partial charge in [0.25, 0.3) is 0 Å². The van der Waals surface area contributed by atoms with Crippen LogP contribution in [0.15, 0.2) is 42.5 Å². The van der Waals surface area contributed by atoms with E-state index in [1.54, 1.807) is 14.1 Å². The highest BCUT2D eigenvalue weighted by molar-refractivity contribution is 5.76. The van der Waals surface area contributed by atoms with Crippen molar-refractivity contribution < 1.29 is 18.3 Å². The summed E-state index contributed by atoms with van der Waals surface area (Å²) in [5, 5.41) is 0. The van der Waals surface area contributed by atoms with Crippen molar-refractivity contribution in [1.82, 2.24) is 4.90 Å². The maximum Gasteiger partial charge on any atom is 0.248 e. The van der Waals surface area contributed by atoms with E-state index in [0.29, 0.717) is 18.4 Å². The first-order valence-corrected chi connectivity index (χ1v) is 8.66. The molecule has 0 atom stereocenters. The second kappa shape index (κ2) is 7.16. The lowest BCUT2D eigenvalue weighted by Crippen LogP contribution is -2.48. The molecule has 0 bridgehead atoms. The number of halogens is 2. The van der Waals surface area contributed by atoms with Gasteiger partial charge in [-0.3, -0.25) is 4.79 Å². The second-order valence-electron chi connectivity index (χ2n) is 7.20. The number of hydrogen-bond acceptors (Lipinski definition) is 2. The number of hydrogen-bond donors (Lipinski definition) is 0. The van der Waals surface area contributed by atoms with E-state index in [0.717, 1.165) is 17.2 Å². The molecular formula is C21H23F2NO2. The quantitative estimate of drug-likeness (QED) is 0.812. The maximum atomic E-state index is 14.5. The average molecular weight is 359 g/mol. The van der Waals surface area contributed by atoms with E-state index in [4.69, 9.17) is 4.74 Å². The molecule has 1 fully saturated rings. The Hall–Kier alpha value is -2.27. The summed E-state index contributed by atoms with van der Waals surface area (Å²) in [4.78, 5) is 13.2. The first kappa shape index (κ1) is 18.5. The Kier molecular flexibility index (Phi) is 5.10. The van der Waals surface area contributed by atoms with Gasteiger partial charge in [0, 0.05) is 25.1 Å². The van der Waals surface area contributed by atoms with Crippen LogP contribution in [0.2, 0.25) is 0 Å². The van der Waals surface area contributed by atoms with E-state index >= 15 is 0 Å². The van der Waals surface area contributed by atoms with E-state index in [1.165, 1.54) is 17.0 Å². The van der Waals surface area contributed by atoms with Gasteiger partial charge in [0.1, 0.15) is 18.2 Å². The van der Waals surface area contributed by atoms with Crippen LogP contribution in [-0.2, 0) is 14.9 Å². The van der Waals surface area contributed by atoms with Gasteiger partial charge in [-0.05, 0) is 43.5 Å². The summed E-state index contributed by atoms with van der Waals surface area (Å²) >= 11 is 0. The zero-order valence-electron chi connectivity index (χ0n) is 15.3. The predicted molar refractivity (Wildman–Crippen MR) is 96.0 cm³/mol. The molecule has 0 spiro atoms. The van der Waals surface area contributed by atoms with E-state index in [1.807, 2.05) is 31.2 Å². The van der Waals surface area contributed by atoms with Crippen LogP contribution < -0.4 is 0 Å². The molecule has 2 aromatic rings. The van der Waals surface area contributed by atoms with Crippen molar-refractivity contribution in [2.75, 3.05) is 20.7 Å². The molecule has 0 aliphatic heterocycles. The SMILES string of the molecule is Cc1ccc(C2(c3cc(F)ccc3F)CC(OCC(=O)N(C)C)C2)cc1. The highest BCUT2D eigenvalue weighted by Gasteiger charge is 2.49. The molecule has 0 unspecified atom stereocenters. The lowest BCUT2D eigenvalue weighted by molar-refractivity contribution is -0.139. The Morgan fingerprint density at radius 1 is 1.15 bits per heavy atom. The summed E-state index contributed by atoms with van der Waals surface area (Å²) in [6.07, 6.45) is 0.858. The smallest absolute Gasteiger partial charge is 0.248 e. The fourth-order valence-corrected chi connectivity index (χ4v) is 3.50. The molecule has 3 nitrogen and oxygen atoms in total. The molecule has 26 heavy (non-hydrogen) atoms. The van der Waals surface area contributed by atoms with Crippen LogP contribution in [0.5, 0.6) is 0 Å². The van der Waals surface area contributed by atoms with E-state index in [-0.39, 0.29) is 18.6 Å². The number of aryl methyl sites for hydroxylation is 1. The number of amides is 1. The minimum absolute atomic E-state index is 0.00667. The second-order valence-corrected chi connectivity index (χ2v) is 7.20. The Balaban J connectivity index is 1.87. The number of nitrogens with zero attached hydrogens (tertiary/aromatic N) is 1. The molecule has 1 saturated carbocycles. The highest BCUT2D eigenvalue weighted by atomic mass is 19.1. The summed E-state index contributed by atoms with van der Waals surface area (Å²) < 4.78 is 34.0. The van der Waals surface area contributed by atoms with Crippen molar-refractivity contribution in [3.05, 3.63) is 70.8 Å². The number of benzene rings is 2. The first-order chi connectivity index (χ1) is 12.3. The third kappa shape index (κ3) is 3.49. The van der Waals surface area contributed by atoms with Gasteiger partial charge in [-0.25, -0.2) is 8.78 Å². The highest BCUT2D eigenvalue weighted by Crippen LogP contribution is 2.51. The van der Waals surface area contributed by atoms with Gasteiger partial charge in [0.2, 0.25) is 5.91 Å². The topological polar surface area (TPSA) is 29.5 Å². The van der Waals surface area contributed by atoms with Gasteiger partial charge < -0.3 is 9.64 Å². The normalized spacial score (nSPS) is 22.0. The van der Waals surface area contributed by atoms with Gasteiger partial charge >= 0.3 is 0 Å². The third-order valence-electron chi connectivity index (χ3n) is 5.14. The number of ether oxygens (including phenoxy) is 1. The van der Waals surface area contributed by atoms with Crippen LogP contribution in [0, 0.1) is 18.6 Å². The van der Waals surface area contributed by atoms with E-state index < -0.39 is 17.0 Å². The fourth-order valence-electron chi connectivity index (χ4n) is 3.50. The molecule has 0 N–H and O–H groups in total. The molecule has 1 amide bonds. The van der Waals surface area contributed by atoms with Crippen molar-refractivity contribution >= 4 is 5.91 Å². The van der Waals surface area contributed by atoms with E-state index in [9.17, 15) is 13.6 Å². The molecule has 0 saturated heterocycles. The lowest BCUT2D eigenvalue weighted by atomic mass is 9.59. The monoisotopic (exact) mass is 359 g/mol. The van der Waals surface area contributed by atoms with E-state index in [2.05, 4.69) is 0 Å². The number of likely N-dealkylation sites (N-methyl/N-ethyl adjacent to an activating group) is 1. The van der Waals surface area contributed by atoms with Crippen LogP contribution in [-0.4, -0.2) is 37.6 Å². The first-order valence-electron chi connectivity index (χ1n) is 8.66. The molecular weight excluding hydrogens is 336 g/mol. The average Bonchev–Trinajstić information content (AvgIpc) is 2.57. The summed E-state index contributed by atoms with van der Waals surface area (Å²) in [7, 11) is 3.34. The number of carbonyl (C=O) groups is 1. The number of carbonyl (C=O) groups excluding carboxylic acids is 1. The molecule has 0 radical (unpaired) electrons. The zero-order valence-corrected chi connectivity index (χ0v) is 15.3. The van der Waals surface area contributed by atoms with Crippen molar-refractivity contribution in [3.63, 3.8) is 0 Å². The Morgan fingerprint density at radius 3 is 2.42 bits per heavy atom. The predicted octanol–water partition coefficient (Wildman–Crippen LogP) is 3.83. The summed E-state index contributed by atoms with van der Waals surface area (Å²) in [5.74, 6) is -0.996. The summed E-state index contributed by atoms with van der Waals surface area (Å²) in [5.41, 5.74) is 1.75. The van der Waals surface area contributed by atoms with Crippen LogP contribution in [0.25, 0.3) is 0 Å². The molecule has 5 heteroatoms. The van der Waals surface area contributed by atoms with Gasteiger partial charge in [0.05, 0.1) is 6.10 Å². The summed E-state index contributed by atoms with van der Waals surface area (Å²) in [6, 6.07) is 11.4. The maximum absolute atomic E-state index is 14.5. The van der Waals surface area contributed by atoms with Crippen molar-refractivity contribution in [2.24, 2.45) is 0 Å². The molecule has 138 valence electrons.